The maximum absolute atomic E-state index is 13.0. The van der Waals surface area contributed by atoms with E-state index < -0.39 is 18.0 Å². The zero-order valence-electron chi connectivity index (χ0n) is 14.7. The molecule has 0 saturated heterocycles. The molecule has 1 N–H and O–H groups in total. The number of nitrogens with one attached hydrogen (secondary N) is 1. The number of rotatable bonds is 7. The van der Waals surface area contributed by atoms with Crippen LogP contribution >= 0.6 is 27.5 Å². The lowest BCUT2D eigenvalue weighted by atomic mass is 10.2. The molecule has 11 heteroatoms. The molecule has 0 saturated carbocycles. The van der Waals surface area contributed by atoms with Crippen molar-refractivity contribution in [3.8, 4) is 0 Å². The summed E-state index contributed by atoms with van der Waals surface area (Å²) in [5.41, 5.74) is -0.253. The van der Waals surface area contributed by atoms with Crippen LogP contribution < -0.4 is 5.32 Å². The smallest absolute Gasteiger partial charge is 0.282 e. The zero-order chi connectivity index (χ0) is 20.1. The SMILES string of the molecule is CC(C)O/N=C(/CNC(=O)c1cn(C)nc1C(F)F)c1ncc(Br)cc1Cl. The fraction of sp³-hybridized carbons (Fsp3) is 0.375. The van der Waals surface area contributed by atoms with E-state index in [1.807, 2.05) is 0 Å². The van der Waals surface area contributed by atoms with Crippen molar-refractivity contribution in [3.05, 3.63) is 44.9 Å². The van der Waals surface area contributed by atoms with Gasteiger partial charge < -0.3 is 10.2 Å². The fourth-order valence-electron chi connectivity index (χ4n) is 2.06. The van der Waals surface area contributed by atoms with Crippen LogP contribution in [0.25, 0.3) is 0 Å². The summed E-state index contributed by atoms with van der Waals surface area (Å²) in [5.74, 6) is -0.719. The molecule has 0 aliphatic heterocycles. The number of nitrogens with zero attached hydrogens (tertiary/aromatic N) is 4. The molecule has 2 rings (SSSR count). The first-order chi connectivity index (χ1) is 12.7. The minimum Gasteiger partial charge on any atom is -0.393 e. The van der Waals surface area contributed by atoms with Crippen molar-refractivity contribution in [1.29, 1.82) is 0 Å². The van der Waals surface area contributed by atoms with Crippen molar-refractivity contribution < 1.29 is 18.4 Å². The van der Waals surface area contributed by atoms with Crippen molar-refractivity contribution in [2.24, 2.45) is 12.2 Å². The molecule has 2 aromatic rings. The summed E-state index contributed by atoms with van der Waals surface area (Å²) in [4.78, 5) is 21.8. The topological polar surface area (TPSA) is 81.4 Å². The number of aryl methyl sites for hydroxylation is 1. The number of carbonyl (C=O) groups is 1. The van der Waals surface area contributed by atoms with E-state index in [4.69, 9.17) is 16.4 Å². The van der Waals surface area contributed by atoms with E-state index in [-0.39, 0.29) is 23.9 Å². The molecular weight excluding hydrogens is 448 g/mol. The summed E-state index contributed by atoms with van der Waals surface area (Å²) in [6.45, 7) is 3.43. The Labute approximate surface area is 167 Å². The Morgan fingerprint density at radius 1 is 1.48 bits per heavy atom. The predicted octanol–water partition coefficient (Wildman–Crippen LogP) is 3.73. The Bertz CT molecular complexity index is 857. The monoisotopic (exact) mass is 463 g/mol. The Morgan fingerprint density at radius 3 is 2.78 bits per heavy atom. The third-order valence-electron chi connectivity index (χ3n) is 3.18. The summed E-state index contributed by atoms with van der Waals surface area (Å²) >= 11 is 9.44. The summed E-state index contributed by atoms with van der Waals surface area (Å²) in [6.07, 6.45) is -0.340. The molecule has 0 fully saturated rings. The highest BCUT2D eigenvalue weighted by atomic mass is 79.9. The maximum atomic E-state index is 13.0. The molecular formula is C16H17BrClF2N5O2. The molecule has 0 atom stereocenters. The average molecular weight is 465 g/mol. The van der Waals surface area contributed by atoms with Crippen molar-refractivity contribution in [2.45, 2.75) is 26.4 Å². The summed E-state index contributed by atoms with van der Waals surface area (Å²) in [6, 6.07) is 1.62. The molecule has 1 amide bonds. The van der Waals surface area contributed by atoms with Gasteiger partial charge in [-0.15, -0.1) is 0 Å². The lowest BCUT2D eigenvalue weighted by molar-refractivity contribution is 0.0853. The van der Waals surface area contributed by atoms with E-state index in [2.05, 4.69) is 36.5 Å². The molecule has 146 valence electrons. The Balaban J connectivity index is 2.24. The second-order valence-corrected chi connectivity index (χ2v) is 7.08. The molecule has 2 aromatic heterocycles. The van der Waals surface area contributed by atoms with Crippen LogP contribution in [0.3, 0.4) is 0 Å². The van der Waals surface area contributed by atoms with Crippen LogP contribution in [0.5, 0.6) is 0 Å². The number of aromatic nitrogens is 3. The molecule has 0 aliphatic carbocycles. The number of alkyl halides is 2. The van der Waals surface area contributed by atoms with Gasteiger partial charge in [0.2, 0.25) is 0 Å². The summed E-state index contributed by atoms with van der Waals surface area (Å²) in [7, 11) is 1.46. The number of hydrogen-bond donors (Lipinski definition) is 1. The van der Waals surface area contributed by atoms with Gasteiger partial charge in [0.25, 0.3) is 12.3 Å². The molecule has 0 radical (unpaired) electrons. The molecule has 27 heavy (non-hydrogen) atoms. The normalized spacial score (nSPS) is 12.0. The number of halogens is 4. The second-order valence-electron chi connectivity index (χ2n) is 5.76. The Kier molecular flexibility index (Phi) is 7.25. The van der Waals surface area contributed by atoms with Gasteiger partial charge in [-0.1, -0.05) is 16.8 Å². The third-order valence-corrected chi connectivity index (χ3v) is 3.90. The highest BCUT2D eigenvalue weighted by Gasteiger charge is 2.23. The molecule has 2 heterocycles. The van der Waals surface area contributed by atoms with Crippen LogP contribution in [0.1, 0.15) is 42.0 Å². The standard InChI is InChI=1S/C16H17BrClF2N5O2/c1-8(2)27-24-12(14-11(18)4-9(17)5-21-14)6-22-16(26)10-7-25(3)23-13(10)15(19)20/h4-5,7-8,15H,6H2,1-3H3,(H,22,26)/b24-12-. The Morgan fingerprint density at radius 2 is 2.19 bits per heavy atom. The summed E-state index contributed by atoms with van der Waals surface area (Å²) in [5, 5.41) is 10.4. The van der Waals surface area contributed by atoms with Crippen LogP contribution in [0.15, 0.2) is 28.1 Å². The van der Waals surface area contributed by atoms with Gasteiger partial charge in [-0.3, -0.25) is 14.5 Å². The van der Waals surface area contributed by atoms with Crippen LogP contribution in [-0.2, 0) is 11.9 Å². The molecule has 0 aliphatic rings. The zero-order valence-corrected chi connectivity index (χ0v) is 17.1. The first kappa shape index (κ1) is 21.2. The third kappa shape index (κ3) is 5.70. The van der Waals surface area contributed by atoms with Gasteiger partial charge >= 0.3 is 0 Å². The van der Waals surface area contributed by atoms with E-state index in [1.54, 1.807) is 19.9 Å². The first-order valence-electron chi connectivity index (χ1n) is 7.83. The van der Waals surface area contributed by atoms with Crippen molar-refractivity contribution in [1.82, 2.24) is 20.1 Å². The van der Waals surface area contributed by atoms with Crippen molar-refractivity contribution >= 4 is 39.1 Å². The van der Waals surface area contributed by atoms with E-state index in [1.165, 1.54) is 19.4 Å². The predicted molar refractivity (Wildman–Crippen MR) is 100 cm³/mol. The van der Waals surface area contributed by atoms with Crippen molar-refractivity contribution in [2.75, 3.05) is 6.54 Å². The van der Waals surface area contributed by atoms with Gasteiger partial charge in [-0.2, -0.15) is 5.10 Å². The molecule has 0 aromatic carbocycles. The van der Waals surface area contributed by atoms with Gasteiger partial charge in [-0.25, -0.2) is 8.78 Å². The van der Waals surface area contributed by atoms with E-state index in [0.29, 0.717) is 15.2 Å². The highest BCUT2D eigenvalue weighted by Crippen LogP contribution is 2.22. The van der Waals surface area contributed by atoms with E-state index >= 15 is 0 Å². The lowest BCUT2D eigenvalue weighted by Crippen LogP contribution is -2.31. The molecule has 7 nitrogen and oxygen atoms in total. The minimum atomic E-state index is -2.87. The molecule has 0 bridgehead atoms. The largest absolute Gasteiger partial charge is 0.393 e. The maximum Gasteiger partial charge on any atom is 0.282 e. The quantitative estimate of drug-likeness (QED) is 0.500. The van der Waals surface area contributed by atoms with Crippen LogP contribution in [0.2, 0.25) is 5.02 Å². The van der Waals surface area contributed by atoms with Crippen LogP contribution in [0, 0.1) is 0 Å². The Hall–Kier alpha value is -2.07. The van der Waals surface area contributed by atoms with Gasteiger partial charge in [0.05, 0.1) is 17.1 Å². The van der Waals surface area contributed by atoms with E-state index in [0.717, 1.165) is 4.68 Å². The first-order valence-corrected chi connectivity index (χ1v) is 9.00. The molecule has 0 spiro atoms. The second kappa shape index (κ2) is 9.23. The fourth-order valence-corrected chi connectivity index (χ4v) is 2.79. The van der Waals surface area contributed by atoms with Crippen molar-refractivity contribution in [3.63, 3.8) is 0 Å². The highest BCUT2D eigenvalue weighted by molar-refractivity contribution is 9.10. The van der Waals surface area contributed by atoms with E-state index in [9.17, 15) is 13.6 Å². The van der Waals surface area contributed by atoms with Gasteiger partial charge in [0, 0.05) is 23.9 Å². The van der Waals surface area contributed by atoms with Gasteiger partial charge in [0.15, 0.2) is 0 Å². The van der Waals surface area contributed by atoms with Gasteiger partial charge in [-0.05, 0) is 35.8 Å². The minimum absolute atomic E-state index is 0.128. The van der Waals surface area contributed by atoms with Crippen LogP contribution in [-0.4, -0.2) is 39.0 Å². The number of pyridine rings is 1. The number of amides is 1. The number of hydrogen-bond acceptors (Lipinski definition) is 5. The van der Waals surface area contributed by atoms with Crippen LogP contribution in [0.4, 0.5) is 8.78 Å². The summed E-state index contributed by atoms with van der Waals surface area (Å²) < 4.78 is 27.9. The average Bonchev–Trinajstić information content (AvgIpc) is 2.97. The number of oxime groups is 1. The van der Waals surface area contributed by atoms with Gasteiger partial charge in [0.1, 0.15) is 23.2 Å². The lowest BCUT2D eigenvalue weighted by Gasteiger charge is -2.11. The molecule has 0 unspecified atom stereocenters. The number of carbonyl (C=O) groups excluding carboxylic acids is 1.